The molecule has 8 nitrogen and oxygen atoms in total. The van der Waals surface area contributed by atoms with Crippen LogP contribution in [-0.4, -0.2) is 54.8 Å². The van der Waals surface area contributed by atoms with Crippen molar-refractivity contribution in [3.63, 3.8) is 0 Å². The number of hydrogen-bond acceptors (Lipinski definition) is 6. The number of halogens is 3. The van der Waals surface area contributed by atoms with Crippen LogP contribution in [0.25, 0.3) is 11.1 Å². The molecule has 41 heavy (non-hydrogen) atoms. The second kappa shape index (κ2) is 12.8. The highest BCUT2D eigenvalue weighted by Crippen LogP contribution is 2.34. The fourth-order valence-corrected chi connectivity index (χ4v) is 4.65. The molecular formula is C30H29F3N2O6. The van der Waals surface area contributed by atoms with Crippen molar-refractivity contribution < 1.29 is 41.8 Å². The average Bonchev–Trinajstić information content (AvgIpc) is 2.92. The van der Waals surface area contributed by atoms with Gasteiger partial charge in [0.2, 0.25) is 0 Å². The van der Waals surface area contributed by atoms with Gasteiger partial charge in [-0.2, -0.15) is 0 Å². The molecule has 0 saturated carbocycles. The van der Waals surface area contributed by atoms with Gasteiger partial charge in [-0.15, -0.1) is 13.2 Å². The number of alkyl halides is 3. The summed E-state index contributed by atoms with van der Waals surface area (Å²) < 4.78 is 53.8. The molecule has 1 fully saturated rings. The number of hydrogen-bond donors (Lipinski definition) is 1. The zero-order valence-corrected chi connectivity index (χ0v) is 22.5. The third-order valence-electron chi connectivity index (χ3n) is 6.42. The van der Waals surface area contributed by atoms with E-state index in [0.29, 0.717) is 54.1 Å². The average molecular weight is 571 g/mol. The molecule has 0 aromatic heterocycles. The zero-order chi connectivity index (χ0) is 29.6. The molecule has 0 unspecified atom stereocenters. The van der Waals surface area contributed by atoms with Crippen LogP contribution in [0, 0.1) is 6.92 Å². The Hall–Kier alpha value is -4.54. The lowest BCUT2D eigenvalue weighted by Gasteiger charge is -2.31. The number of rotatable bonds is 7. The van der Waals surface area contributed by atoms with E-state index in [1.807, 2.05) is 0 Å². The number of benzene rings is 3. The Bertz CT molecular complexity index is 1400. The minimum absolute atomic E-state index is 0.0143. The van der Waals surface area contributed by atoms with Gasteiger partial charge in [0.25, 0.3) is 5.91 Å². The molecule has 11 heteroatoms. The first-order valence-electron chi connectivity index (χ1n) is 13.0. The van der Waals surface area contributed by atoms with E-state index in [4.69, 9.17) is 9.47 Å². The summed E-state index contributed by atoms with van der Waals surface area (Å²) in [5.74, 6) is -2.21. The quantitative estimate of drug-likeness (QED) is 0.287. The van der Waals surface area contributed by atoms with Gasteiger partial charge in [-0.25, -0.2) is 4.79 Å². The number of nitrogens with one attached hydrogen (secondary N) is 1. The summed E-state index contributed by atoms with van der Waals surface area (Å²) in [4.78, 5) is 38.7. The summed E-state index contributed by atoms with van der Waals surface area (Å²) in [5.41, 5.74) is 1.97. The topological polar surface area (TPSA) is 94.2 Å². The molecule has 1 N–H and O–H groups in total. The molecule has 1 aliphatic rings. The summed E-state index contributed by atoms with van der Waals surface area (Å²) in [5, 5.41) is 2.75. The predicted molar refractivity (Wildman–Crippen MR) is 145 cm³/mol. The van der Waals surface area contributed by atoms with E-state index in [2.05, 4.69) is 10.1 Å². The molecule has 3 aromatic carbocycles. The molecule has 0 aliphatic carbocycles. The summed E-state index contributed by atoms with van der Waals surface area (Å²) in [7, 11) is 0. The maximum Gasteiger partial charge on any atom is 0.573 e. The van der Waals surface area contributed by atoms with Crippen molar-refractivity contribution in [3.05, 3.63) is 77.9 Å². The van der Waals surface area contributed by atoms with Crippen molar-refractivity contribution in [2.75, 3.05) is 25.0 Å². The molecule has 1 heterocycles. The van der Waals surface area contributed by atoms with Gasteiger partial charge in [-0.05, 0) is 54.8 Å². The van der Waals surface area contributed by atoms with E-state index in [-0.39, 0.29) is 18.3 Å². The number of aryl methyl sites for hydroxylation is 1. The fourth-order valence-electron chi connectivity index (χ4n) is 4.65. The molecule has 0 spiro atoms. The third kappa shape index (κ3) is 7.77. The third-order valence-corrected chi connectivity index (χ3v) is 6.42. The number of esters is 1. The number of carbonyl (C=O) groups is 3. The van der Waals surface area contributed by atoms with Crippen molar-refractivity contribution in [3.8, 4) is 22.6 Å². The van der Waals surface area contributed by atoms with Crippen LogP contribution >= 0.6 is 0 Å². The van der Waals surface area contributed by atoms with Crippen LogP contribution in [0.2, 0.25) is 0 Å². The van der Waals surface area contributed by atoms with Crippen LogP contribution in [0.15, 0.2) is 66.7 Å². The van der Waals surface area contributed by atoms with Gasteiger partial charge in [-0.1, -0.05) is 36.4 Å². The molecule has 3 aromatic rings. The van der Waals surface area contributed by atoms with E-state index < -0.39 is 29.9 Å². The predicted octanol–water partition coefficient (Wildman–Crippen LogP) is 5.75. The number of anilines is 1. The Labute approximate surface area is 235 Å². The van der Waals surface area contributed by atoms with Crippen LogP contribution in [-0.2, 0) is 14.3 Å². The normalized spacial score (nSPS) is 13.8. The lowest BCUT2D eigenvalue weighted by molar-refractivity contribution is -0.274. The summed E-state index contributed by atoms with van der Waals surface area (Å²) >= 11 is 0. The summed E-state index contributed by atoms with van der Waals surface area (Å²) in [6.07, 6.45) is -4.15. The van der Waals surface area contributed by atoms with Gasteiger partial charge in [0.15, 0.2) is 0 Å². The Morgan fingerprint density at radius 2 is 1.66 bits per heavy atom. The molecule has 0 atom stereocenters. The van der Waals surface area contributed by atoms with Gasteiger partial charge >= 0.3 is 18.2 Å². The van der Waals surface area contributed by atoms with Gasteiger partial charge < -0.3 is 24.4 Å². The first-order valence-corrected chi connectivity index (χ1v) is 13.0. The smallest absolute Gasteiger partial charge is 0.490 e. The van der Waals surface area contributed by atoms with Crippen molar-refractivity contribution in [1.82, 2.24) is 4.90 Å². The lowest BCUT2D eigenvalue weighted by atomic mass is 9.94. The SMILES string of the molecule is CCOC(=O)C(=O)N1CCC(Oc2cccc(NC(=O)c3cc(OC(F)(F)F)cc(C)c3-c3ccccc3)c2)CC1. The number of carbonyl (C=O) groups excluding carboxylic acids is 3. The van der Waals surface area contributed by atoms with Crippen molar-refractivity contribution in [1.29, 1.82) is 0 Å². The first kappa shape index (κ1) is 29.4. The Balaban J connectivity index is 1.49. The Morgan fingerprint density at radius 1 is 0.951 bits per heavy atom. The first-order chi connectivity index (χ1) is 19.5. The molecule has 0 bridgehead atoms. The molecule has 4 rings (SSSR count). The number of nitrogens with zero attached hydrogens (tertiary/aromatic N) is 1. The maximum absolute atomic E-state index is 13.4. The summed E-state index contributed by atoms with van der Waals surface area (Å²) in [6, 6.07) is 17.8. The van der Waals surface area contributed by atoms with E-state index >= 15 is 0 Å². The van der Waals surface area contributed by atoms with Crippen LogP contribution in [0.3, 0.4) is 0 Å². The van der Waals surface area contributed by atoms with Crippen LogP contribution < -0.4 is 14.8 Å². The van der Waals surface area contributed by atoms with E-state index in [1.165, 1.54) is 11.0 Å². The second-order valence-corrected chi connectivity index (χ2v) is 9.39. The Kier molecular flexibility index (Phi) is 9.16. The Morgan fingerprint density at radius 3 is 2.32 bits per heavy atom. The highest BCUT2D eigenvalue weighted by Gasteiger charge is 2.32. The van der Waals surface area contributed by atoms with Crippen LogP contribution in [0.5, 0.6) is 11.5 Å². The number of likely N-dealkylation sites (tertiary alicyclic amines) is 1. The van der Waals surface area contributed by atoms with E-state index in [1.54, 1.807) is 68.4 Å². The van der Waals surface area contributed by atoms with Gasteiger partial charge in [0, 0.05) is 37.7 Å². The van der Waals surface area contributed by atoms with E-state index in [9.17, 15) is 27.6 Å². The van der Waals surface area contributed by atoms with Crippen molar-refractivity contribution in [2.24, 2.45) is 0 Å². The molecule has 216 valence electrons. The molecule has 2 amide bonds. The zero-order valence-electron chi connectivity index (χ0n) is 22.5. The second-order valence-electron chi connectivity index (χ2n) is 9.39. The van der Waals surface area contributed by atoms with Gasteiger partial charge in [0.05, 0.1) is 12.2 Å². The van der Waals surface area contributed by atoms with Crippen LogP contribution in [0.1, 0.15) is 35.7 Å². The fraction of sp³-hybridized carbons (Fsp3) is 0.300. The number of amides is 2. The maximum atomic E-state index is 13.4. The van der Waals surface area contributed by atoms with Crippen molar-refractivity contribution >= 4 is 23.5 Å². The van der Waals surface area contributed by atoms with E-state index in [0.717, 1.165) is 6.07 Å². The molecule has 0 radical (unpaired) electrons. The minimum atomic E-state index is -4.91. The summed E-state index contributed by atoms with van der Waals surface area (Å²) in [6.45, 7) is 4.03. The van der Waals surface area contributed by atoms with Crippen molar-refractivity contribution in [2.45, 2.75) is 39.2 Å². The number of ether oxygens (including phenoxy) is 3. The largest absolute Gasteiger partial charge is 0.573 e. The highest BCUT2D eigenvalue weighted by molar-refractivity contribution is 6.32. The number of piperidine rings is 1. The highest BCUT2D eigenvalue weighted by atomic mass is 19.4. The molecule has 1 aliphatic heterocycles. The molecular weight excluding hydrogens is 541 g/mol. The lowest BCUT2D eigenvalue weighted by Crippen LogP contribution is -2.45. The molecule has 1 saturated heterocycles. The minimum Gasteiger partial charge on any atom is -0.490 e. The monoisotopic (exact) mass is 570 g/mol. The standard InChI is InChI=1S/C30H29F3N2O6/c1-3-39-29(38)28(37)35-14-12-22(13-15-35)40-23-11-7-10-21(17-23)34-27(36)25-18-24(41-30(31,32)33)16-19(2)26(25)20-8-5-4-6-9-20/h4-11,16-18,22H,3,12-15H2,1-2H3,(H,34,36). The van der Waals surface area contributed by atoms with Crippen LogP contribution in [0.4, 0.5) is 18.9 Å². The van der Waals surface area contributed by atoms with Gasteiger partial charge in [-0.3, -0.25) is 9.59 Å². The van der Waals surface area contributed by atoms with Gasteiger partial charge in [0.1, 0.15) is 17.6 Å².